The fourth-order valence-electron chi connectivity index (χ4n) is 3.55. The molecule has 0 aromatic heterocycles. The summed E-state index contributed by atoms with van der Waals surface area (Å²) >= 11 is 0. The predicted molar refractivity (Wildman–Crippen MR) is 111 cm³/mol. The largest absolute Gasteiger partial charge is 0.497 e. The molecule has 0 bridgehead atoms. The van der Waals surface area contributed by atoms with Crippen LogP contribution in [0.1, 0.15) is 38.3 Å². The van der Waals surface area contributed by atoms with Gasteiger partial charge in [-0.3, -0.25) is 0 Å². The summed E-state index contributed by atoms with van der Waals surface area (Å²) in [5.41, 5.74) is 3.05. The number of ether oxygens (including phenoxy) is 1. The number of carbonyl (C=O) groups is 1. The highest BCUT2D eigenvalue weighted by atomic mass is 16.5. The molecule has 0 unspecified atom stereocenters. The minimum absolute atomic E-state index is 0.0788. The molecule has 2 N–H and O–H groups in total. The number of rotatable bonds is 5. The lowest BCUT2D eigenvalue weighted by atomic mass is 9.99. The molecule has 2 amide bonds. The Balaban J connectivity index is 1.57. The molecule has 1 heterocycles. The monoisotopic (exact) mass is 367 g/mol. The third-order valence-electron chi connectivity index (χ3n) is 5.09. The van der Waals surface area contributed by atoms with Crippen LogP contribution in [0.2, 0.25) is 0 Å². The maximum absolute atomic E-state index is 12.3. The normalized spacial score (nSPS) is 17.9. The number of carbonyl (C=O) groups excluding carboxylic acids is 1. The molecule has 1 saturated heterocycles. The summed E-state index contributed by atoms with van der Waals surface area (Å²) in [7, 11) is 1.61. The maximum Gasteiger partial charge on any atom is 0.319 e. The summed E-state index contributed by atoms with van der Waals surface area (Å²) in [6.07, 6.45) is 2.57. The fourth-order valence-corrected chi connectivity index (χ4v) is 3.55. The van der Waals surface area contributed by atoms with Crippen molar-refractivity contribution in [2.24, 2.45) is 5.92 Å². The summed E-state index contributed by atoms with van der Waals surface area (Å²) in [5.74, 6) is 1.46. The molecule has 0 spiro atoms. The lowest BCUT2D eigenvalue weighted by Crippen LogP contribution is -2.34. The van der Waals surface area contributed by atoms with E-state index in [1.165, 1.54) is 18.5 Å². The highest BCUT2D eigenvalue weighted by Crippen LogP contribution is 2.24. The van der Waals surface area contributed by atoms with Gasteiger partial charge in [0.15, 0.2) is 0 Å². The van der Waals surface area contributed by atoms with Gasteiger partial charge in [-0.1, -0.05) is 25.1 Å². The quantitative estimate of drug-likeness (QED) is 0.797. The third kappa shape index (κ3) is 5.16. The van der Waals surface area contributed by atoms with Gasteiger partial charge in [-0.2, -0.15) is 0 Å². The number of amides is 2. The van der Waals surface area contributed by atoms with Gasteiger partial charge in [-0.25, -0.2) is 4.79 Å². The summed E-state index contributed by atoms with van der Waals surface area (Å²) < 4.78 is 5.18. The fraction of sp³-hybridized carbons (Fsp3) is 0.409. The summed E-state index contributed by atoms with van der Waals surface area (Å²) in [6, 6.07) is 15.5. The highest BCUT2D eigenvalue weighted by molar-refractivity contribution is 5.89. The Morgan fingerprint density at radius 3 is 2.70 bits per heavy atom. The number of hydrogen-bond acceptors (Lipinski definition) is 3. The molecule has 2 atom stereocenters. The molecule has 0 aliphatic carbocycles. The van der Waals surface area contributed by atoms with Gasteiger partial charge in [0.1, 0.15) is 5.75 Å². The van der Waals surface area contributed by atoms with Crippen molar-refractivity contribution in [3.05, 3.63) is 54.1 Å². The van der Waals surface area contributed by atoms with Crippen LogP contribution in [-0.4, -0.2) is 26.2 Å². The smallest absolute Gasteiger partial charge is 0.319 e. The Bertz CT molecular complexity index is 760. The second-order valence-electron chi connectivity index (χ2n) is 7.34. The van der Waals surface area contributed by atoms with Gasteiger partial charge in [0, 0.05) is 30.5 Å². The average molecular weight is 367 g/mol. The van der Waals surface area contributed by atoms with Crippen LogP contribution in [0.25, 0.3) is 0 Å². The van der Waals surface area contributed by atoms with E-state index < -0.39 is 0 Å². The van der Waals surface area contributed by atoms with E-state index >= 15 is 0 Å². The second kappa shape index (κ2) is 8.80. The Kier molecular flexibility index (Phi) is 6.22. The molecular formula is C22H29N3O2. The third-order valence-corrected chi connectivity index (χ3v) is 5.09. The summed E-state index contributed by atoms with van der Waals surface area (Å²) in [6.45, 7) is 6.55. The van der Waals surface area contributed by atoms with Crippen LogP contribution in [0, 0.1) is 5.92 Å². The molecule has 0 radical (unpaired) electrons. The van der Waals surface area contributed by atoms with Gasteiger partial charge < -0.3 is 20.3 Å². The van der Waals surface area contributed by atoms with Crippen LogP contribution in [-0.2, 0) is 0 Å². The summed E-state index contributed by atoms with van der Waals surface area (Å²) in [5, 5.41) is 5.83. The van der Waals surface area contributed by atoms with Crippen LogP contribution >= 0.6 is 0 Å². The molecule has 1 aliphatic rings. The van der Waals surface area contributed by atoms with E-state index in [2.05, 4.69) is 46.7 Å². The van der Waals surface area contributed by atoms with Gasteiger partial charge in [0.2, 0.25) is 0 Å². The van der Waals surface area contributed by atoms with E-state index in [4.69, 9.17) is 4.74 Å². The van der Waals surface area contributed by atoms with E-state index in [0.717, 1.165) is 24.6 Å². The predicted octanol–water partition coefficient (Wildman–Crippen LogP) is 4.81. The van der Waals surface area contributed by atoms with Gasteiger partial charge >= 0.3 is 6.03 Å². The Morgan fingerprint density at radius 2 is 2.00 bits per heavy atom. The van der Waals surface area contributed by atoms with Gasteiger partial charge in [-0.15, -0.1) is 0 Å². The first-order valence-corrected chi connectivity index (χ1v) is 9.61. The van der Waals surface area contributed by atoms with Gasteiger partial charge in [0.05, 0.1) is 13.2 Å². The SMILES string of the molecule is COc1cccc(NC(=O)N[C@H](C)c2ccc(N3CCC[C@@H](C)C3)cc2)c1. The van der Waals surface area contributed by atoms with Crippen LogP contribution in [0.4, 0.5) is 16.2 Å². The first-order valence-electron chi connectivity index (χ1n) is 9.61. The number of methoxy groups -OCH3 is 1. The maximum atomic E-state index is 12.3. The standard InChI is InChI=1S/C22H29N3O2/c1-16-6-5-13-25(15-16)20-11-9-18(10-12-20)17(2)23-22(26)24-19-7-4-8-21(14-19)27-3/h4,7-12,14,16-17H,5-6,13,15H2,1-3H3,(H2,23,24,26)/t16-,17-/m1/s1. The van der Waals surface area contributed by atoms with Gasteiger partial charge in [-0.05, 0) is 55.5 Å². The second-order valence-corrected chi connectivity index (χ2v) is 7.34. The number of nitrogens with zero attached hydrogens (tertiary/aromatic N) is 1. The Hall–Kier alpha value is -2.69. The first-order chi connectivity index (χ1) is 13.0. The average Bonchev–Trinajstić information content (AvgIpc) is 2.68. The Labute approximate surface area is 161 Å². The molecular weight excluding hydrogens is 338 g/mol. The molecule has 2 aromatic rings. The topological polar surface area (TPSA) is 53.6 Å². The van der Waals surface area contributed by atoms with E-state index in [9.17, 15) is 4.79 Å². The van der Waals surface area contributed by atoms with Crippen LogP contribution in [0.15, 0.2) is 48.5 Å². The zero-order chi connectivity index (χ0) is 19.2. The minimum Gasteiger partial charge on any atom is -0.497 e. The Morgan fingerprint density at radius 1 is 1.22 bits per heavy atom. The van der Waals surface area contributed by atoms with Crippen molar-refractivity contribution in [3.63, 3.8) is 0 Å². The van der Waals surface area contributed by atoms with Crippen molar-refractivity contribution in [1.29, 1.82) is 0 Å². The molecule has 1 fully saturated rings. The van der Waals surface area contributed by atoms with E-state index in [0.29, 0.717) is 11.4 Å². The molecule has 144 valence electrons. The molecule has 0 saturated carbocycles. The number of benzene rings is 2. The number of piperidine rings is 1. The van der Waals surface area contributed by atoms with Crippen molar-refractivity contribution in [2.75, 3.05) is 30.4 Å². The molecule has 5 heteroatoms. The minimum atomic E-state index is -0.232. The van der Waals surface area contributed by atoms with E-state index in [1.807, 2.05) is 25.1 Å². The molecule has 2 aromatic carbocycles. The molecule has 3 rings (SSSR count). The number of anilines is 2. The number of nitrogens with one attached hydrogen (secondary N) is 2. The van der Waals surface area contributed by atoms with E-state index in [1.54, 1.807) is 13.2 Å². The van der Waals surface area contributed by atoms with E-state index in [-0.39, 0.29) is 12.1 Å². The summed E-state index contributed by atoms with van der Waals surface area (Å²) in [4.78, 5) is 14.7. The van der Waals surface area contributed by atoms with Crippen LogP contribution in [0.3, 0.4) is 0 Å². The zero-order valence-electron chi connectivity index (χ0n) is 16.4. The van der Waals surface area contributed by atoms with Crippen molar-refractivity contribution in [3.8, 4) is 5.75 Å². The van der Waals surface area contributed by atoms with Crippen molar-refractivity contribution in [1.82, 2.24) is 5.32 Å². The van der Waals surface area contributed by atoms with Crippen molar-refractivity contribution in [2.45, 2.75) is 32.7 Å². The van der Waals surface area contributed by atoms with Crippen LogP contribution < -0.4 is 20.3 Å². The molecule has 5 nitrogen and oxygen atoms in total. The molecule has 1 aliphatic heterocycles. The molecule has 27 heavy (non-hydrogen) atoms. The first kappa shape index (κ1) is 19.1. The van der Waals surface area contributed by atoms with Crippen molar-refractivity contribution >= 4 is 17.4 Å². The van der Waals surface area contributed by atoms with Crippen LogP contribution in [0.5, 0.6) is 5.75 Å². The number of hydrogen-bond donors (Lipinski definition) is 2. The zero-order valence-corrected chi connectivity index (χ0v) is 16.4. The highest BCUT2D eigenvalue weighted by Gasteiger charge is 2.17. The lowest BCUT2D eigenvalue weighted by molar-refractivity contribution is 0.249. The lowest BCUT2D eigenvalue weighted by Gasteiger charge is -2.33. The number of urea groups is 1. The van der Waals surface area contributed by atoms with Crippen molar-refractivity contribution < 1.29 is 9.53 Å². The van der Waals surface area contributed by atoms with Gasteiger partial charge in [0.25, 0.3) is 0 Å².